The summed E-state index contributed by atoms with van der Waals surface area (Å²) >= 11 is 12.3. The Hall–Kier alpha value is -1.97. The standard InChI is InChI=1S/C20H20Cl2N2O/c1-15-5-2-3-8-19(15)23-11-13-24(14-12-23)20(25)10-9-16-17(21)6-4-7-18(16)22/h2-10H,11-14H2,1H3/b10-9+. The molecule has 25 heavy (non-hydrogen) atoms. The number of carbonyl (C=O) groups excluding carboxylic acids is 1. The Balaban J connectivity index is 1.62. The molecule has 1 fully saturated rings. The minimum Gasteiger partial charge on any atom is -0.368 e. The van der Waals surface area contributed by atoms with Crippen molar-refractivity contribution in [2.75, 3.05) is 31.1 Å². The van der Waals surface area contributed by atoms with Gasteiger partial charge in [0, 0.05) is 53.6 Å². The number of benzene rings is 2. The Morgan fingerprint density at radius 2 is 1.60 bits per heavy atom. The molecule has 3 rings (SSSR count). The summed E-state index contributed by atoms with van der Waals surface area (Å²) < 4.78 is 0. The van der Waals surface area contributed by atoms with Crippen LogP contribution in [-0.2, 0) is 4.79 Å². The minimum absolute atomic E-state index is 0.0135. The van der Waals surface area contributed by atoms with Gasteiger partial charge in [-0.25, -0.2) is 0 Å². The van der Waals surface area contributed by atoms with Crippen molar-refractivity contribution in [3.8, 4) is 0 Å². The highest BCUT2D eigenvalue weighted by Gasteiger charge is 2.20. The van der Waals surface area contributed by atoms with Crippen molar-refractivity contribution in [2.24, 2.45) is 0 Å². The fourth-order valence-corrected chi connectivity index (χ4v) is 3.54. The first-order chi connectivity index (χ1) is 12.1. The van der Waals surface area contributed by atoms with Gasteiger partial charge in [-0.1, -0.05) is 47.5 Å². The van der Waals surface area contributed by atoms with Crippen LogP contribution in [0.2, 0.25) is 10.0 Å². The second kappa shape index (κ2) is 7.94. The lowest BCUT2D eigenvalue weighted by molar-refractivity contribution is -0.126. The molecule has 0 N–H and O–H groups in total. The molecule has 1 saturated heterocycles. The molecule has 1 aliphatic heterocycles. The van der Waals surface area contributed by atoms with Crippen LogP contribution in [0.5, 0.6) is 0 Å². The zero-order chi connectivity index (χ0) is 17.8. The molecule has 2 aromatic carbocycles. The molecule has 3 nitrogen and oxygen atoms in total. The summed E-state index contributed by atoms with van der Waals surface area (Å²) in [5.74, 6) is -0.0135. The number of hydrogen-bond donors (Lipinski definition) is 0. The smallest absolute Gasteiger partial charge is 0.246 e. The quantitative estimate of drug-likeness (QED) is 0.729. The van der Waals surface area contributed by atoms with Crippen LogP contribution in [0.4, 0.5) is 5.69 Å². The largest absolute Gasteiger partial charge is 0.368 e. The van der Waals surface area contributed by atoms with Gasteiger partial charge in [-0.15, -0.1) is 0 Å². The molecule has 0 unspecified atom stereocenters. The third kappa shape index (κ3) is 4.17. The van der Waals surface area contributed by atoms with E-state index in [-0.39, 0.29) is 5.91 Å². The second-order valence-corrected chi connectivity index (χ2v) is 6.88. The molecule has 0 aromatic heterocycles. The van der Waals surface area contributed by atoms with Gasteiger partial charge in [-0.2, -0.15) is 0 Å². The summed E-state index contributed by atoms with van der Waals surface area (Å²) in [7, 11) is 0. The lowest BCUT2D eigenvalue weighted by Gasteiger charge is -2.36. The van der Waals surface area contributed by atoms with Crippen LogP contribution < -0.4 is 4.90 Å². The van der Waals surface area contributed by atoms with Crippen LogP contribution in [0.15, 0.2) is 48.5 Å². The molecule has 0 saturated carbocycles. The first-order valence-electron chi connectivity index (χ1n) is 8.28. The predicted molar refractivity (Wildman–Crippen MR) is 105 cm³/mol. The van der Waals surface area contributed by atoms with Crippen LogP contribution in [0.25, 0.3) is 6.08 Å². The van der Waals surface area contributed by atoms with Crippen molar-refractivity contribution in [3.05, 3.63) is 69.7 Å². The molecule has 0 bridgehead atoms. The van der Waals surface area contributed by atoms with Gasteiger partial charge >= 0.3 is 0 Å². The number of hydrogen-bond acceptors (Lipinski definition) is 2. The summed E-state index contributed by atoms with van der Waals surface area (Å²) in [4.78, 5) is 16.6. The van der Waals surface area contributed by atoms with Gasteiger partial charge in [0.25, 0.3) is 0 Å². The lowest BCUT2D eigenvalue weighted by atomic mass is 10.1. The number of nitrogens with zero attached hydrogens (tertiary/aromatic N) is 2. The van der Waals surface area contributed by atoms with E-state index in [1.54, 1.807) is 30.4 Å². The zero-order valence-electron chi connectivity index (χ0n) is 14.1. The molecular weight excluding hydrogens is 355 g/mol. The molecule has 1 heterocycles. The minimum atomic E-state index is -0.0135. The van der Waals surface area contributed by atoms with E-state index in [2.05, 4.69) is 30.0 Å². The molecule has 0 spiro atoms. The van der Waals surface area contributed by atoms with Gasteiger partial charge in [-0.05, 0) is 36.8 Å². The zero-order valence-corrected chi connectivity index (χ0v) is 15.6. The Bertz CT molecular complexity index is 776. The highest BCUT2D eigenvalue weighted by Crippen LogP contribution is 2.26. The van der Waals surface area contributed by atoms with E-state index >= 15 is 0 Å². The van der Waals surface area contributed by atoms with E-state index in [4.69, 9.17) is 23.2 Å². The van der Waals surface area contributed by atoms with Gasteiger partial charge in [0.2, 0.25) is 5.91 Å². The highest BCUT2D eigenvalue weighted by molar-refractivity contribution is 6.37. The number of rotatable bonds is 3. The van der Waals surface area contributed by atoms with Gasteiger partial charge in [0.1, 0.15) is 0 Å². The van der Waals surface area contributed by atoms with Crippen molar-refractivity contribution in [3.63, 3.8) is 0 Å². The average Bonchev–Trinajstić information content (AvgIpc) is 2.62. The van der Waals surface area contributed by atoms with E-state index in [9.17, 15) is 4.79 Å². The average molecular weight is 375 g/mol. The maximum absolute atomic E-state index is 12.4. The SMILES string of the molecule is Cc1ccccc1N1CCN(C(=O)/C=C/c2c(Cl)cccc2Cl)CC1. The molecular formula is C20H20Cl2N2O. The third-order valence-electron chi connectivity index (χ3n) is 4.44. The highest BCUT2D eigenvalue weighted by atomic mass is 35.5. The van der Waals surface area contributed by atoms with E-state index in [1.807, 2.05) is 11.0 Å². The van der Waals surface area contributed by atoms with E-state index in [1.165, 1.54) is 11.3 Å². The number of halogens is 2. The Labute approximate surface area is 158 Å². The van der Waals surface area contributed by atoms with Gasteiger partial charge in [0.05, 0.1) is 0 Å². The van der Waals surface area contributed by atoms with Crippen LogP contribution in [0, 0.1) is 6.92 Å². The molecule has 0 atom stereocenters. The number of amides is 1. The molecule has 130 valence electrons. The topological polar surface area (TPSA) is 23.6 Å². The van der Waals surface area contributed by atoms with Gasteiger partial charge < -0.3 is 9.80 Å². The number of piperazine rings is 1. The molecule has 2 aromatic rings. The Morgan fingerprint density at radius 1 is 0.960 bits per heavy atom. The summed E-state index contributed by atoms with van der Waals surface area (Å²) in [6.45, 7) is 5.18. The van der Waals surface area contributed by atoms with Crippen molar-refractivity contribution in [1.29, 1.82) is 0 Å². The van der Waals surface area contributed by atoms with Crippen molar-refractivity contribution >= 4 is 40.9 Å². The third-order valence-corrected chi connectivity index (χ3v) is 5.10. The van der Waals surface area contributed by atoms with Crippen LogP contribution in [-0.4, -0.2) is 37.0 Å². The summed E-state index contributed by atoms with van der Waals surface area (Å²) in [5.41, 5.74) is 3.18. The molecule has 5 heteroatoms. The summed E-state index contributed by atoms with van der Waals surface area (Å²) in [6, 6.07) is 13.7. The first kappa shape index (κ1) is 17.8. The van der Waals surface area contributed by atoms with Crippen molar-refractivity contribution in [2.45, 2.75) is 6.92 Å². The fourth-order valence-electron chi connectivity index (χ4n) is 3.02. The van der Waals surface area contributed by atoms with E-state index in [0.29, 0.717) is 28.7 Å². The van der Waals surface area contributed by atoms with Crippen molar-refractivity contribution in [1.82, 2.24) is 4.90 Å². The van der Waals surface area contributed by atoms with Crippen LogP contribution >= 0.6 is 23.2 Å². The van der Waals surface area contributed by atoms with Crippen LogP contribution in [0.1, 0.15) is 11.1 Å². The second-order valence-electron chi connectivity index (χ2n) is 6.07. The van der Waals surface area contributed by atoms with E-state index < -0.39 is 0 Å². The lowest BCUT2D eigenvalue weighted by Crippen LogP contribution is -2.48. The van der Waals surface area contributed by atoms with Gasteiger partial charge in [0.15, 0.2) is 0 Å². The van der Waals surface area contributed by atoms with Crippen molar-refractivity contribution < 1.29 is 4.79 Å². The summed E-state index contributed by atoms with van der Waals surface area (Å²) in [5, 5.41) is 1.09. The van der Waals surface area contributed by atoms with Gasteiger partial charge in [-0.3, -0.25) is 4.79 Å². The number of para-hydroxylation sites is 1. The van der Waals surface area contributed by atoms with E-state index in [0.717, 1.165) is 13.1 Å². The Morgan fingerprint density at radius 3 is 2.24 bits per heavy atom. The number of carbonyl (C=O) groups is 1. The maximum atomic E-state index is 12.4. The number of aryl methyl sites for hydroxylation is 1. The summed E-state index contributed by atoms with van der Waals surface area (Å²) in [6.07, 6.45) is 3.25. The monoisotopic (exact) mass is 374 g/mol. The number of anilines is 1. The predicted octanol–water partition coefficient (Wildman–Crippen LogP) is 4.66. The maximum Gasteiger partial charge on any atom is 0.246 e. The molecule has 1 aliphatic rings. The normalized spacial score (nSPS) is 15.0. The molecule has 0 radical (unpaired) electrons. The molecule has 1 amide bonds. The Kier molecular flexibility index (Phi) is 5.67. The fraction of sp³-hybridized carbons (Fsp3) is 0.250. The first-order valence-corrected chi connectivity index (χ1v) is 9.03. The molecule has 0 aliphatic carbocycles. The van der Waals surface area contributed by atoms with Crippen LogP contribution in [0.3, 0.4) is 0 Å².